The predicted octanol–water partition coefficient (Wildman–Crippen LogP) is 4.02. The van der Waals surface area contributed by atoms with Crippen molar-refractivity contribution in [1.82, 2.24) is 10.1 Å². The molecule has 1 fully saturated rings. The second kappa shape index (κ2) is 7.82. The average molecular weight is 363 g/mol. The van der Waals surface area contributed by atoms with Crippen LogP contribution < -0.4 is 4.90 Å². The Hall–Kier alpha value is -2.82. The van der Waals surface area contributed by atoms with Gasteiger partial charge in [0, 0.05) is 37.8 Å². The molecule has 27 heavy (non-hydrogen) atoms. The van der Waals surface area contributed by atoms with E-state index in [-0.39, 0.29) is 12.3 Å². The van der Waals surface area contributed by atoms with Crippen LogP contribution in [-0.2, 0) is 17.8 Å². The molecule has 0 unspecified atom stereocenters. The second-order valence-corrected chi connectivity index (χ2v) is 7.27. The number of anilines is 1. The van der Waals surface area contributed by atoms with Crippen LogP contribution in [-0.4, -0.2) is 36.1 Å². The molecule has 1 aliphatic heterocycles. The van der Waals surface area contributed by atoms with Crippen molar-refractivity contribution >= 4 is 22.6 Å². The van der Waals surface area contributed by atoms with Gasteiger partial charge in [0.25, 0.3) is 0 Å². The molecule has 0 bridgehead atoms. The van der Waals surface area contributed by atoms with E-state index in [1.165, 1.54) is 24.9 Å². The zero-order valence-electron chi connectivity index (χ0n) is 15.7. The highest BCUT2D eigenvalue weighted by atomic mass is 16.5. The molecule has 5 heteroatoms. The van der Waals surface area contributed by atoms with Gasteiger partial charge < -0.3 is 14.3 Å². The molecule has 5 nitrogen and oxygen atoms in total. The Balaban J connectivity index is 1.38. The molecule has 0 spiro atoms. The number of carbonyl (C=O) groups is 1. The van der Waals surface area contributed by atoms with Gasteiger partial charge >= 0.3 is 0 Å². The average Bonchev–Trinajstić information content (AvgIpc) is 3.12. The highest BCUT2D eigenvalue weighted by Crippen LogP contribution is 2.21. The number of carbonyl (C=O) groups excluding carboxylic acids is 1. The number of likely N-dealkylation sites (N-methyl/N-ethyl adjacent to an activating group) is 1. The van der Waals surface area contributed by atoms with Crippen LogP contribution in [0, 0.1) is 0 Å². The topological polar surface area (TPSA) is 49.6 Å². The third-order valence-corrected chi connectivity index (χ3v) is 5.27. The lowest BCUT2D eigenvalue weighted by molar-refractivity contribution is -0.129. The number of piperidine rings is 1. The molecule has 1 aliphatic rings. The Morgan fingerprint density at radius 3 is 2.59 bits per heavy atom. The molecule has 2 aromatic carbocycles. The van der Waals surface area contributed by atoms with E-state index < -0.39 is 0 Å². The Morgan fingerprint density at radius 1 is 1.07 bits per heavy atom. The number of hydrogen-bond acceptors (Lipinski definition) is 4. The number of nitrogens with zero attached hydrogens (tertiary/aromatic N) is 3. The molecule has 3 aromatic rings. The minimum Gasteiger partial charge on any atom is -0.372 e. The summed E-state index contributed by atoms with van der Waals surface area (Å²) in [6.07, 6.45) is 4.13. The van der Waals surface area contributed by atoms with Crippen molar-refractivity contribution in [2.45, 2.75) is 32.2 Å². The van der Waals surface area contributed by atoms with Crippen LogP contribution in [0.3, 0.4) is 0 Å². The highest BCUT2D eigenvalue weighted by Gasteiger charge is 2.16. The second-order valence-electron chi connectivity index (χ2n) is 7.27. The van der Waals surface area contributed by atoms with E-state index in [9.17, 15) is 4.79 Å². The van der Waals surface area contributed by atoms with Crippen LogP contribution in [0.25, 0.3) is 11.0 Å². The molecule has 0 atom stereocenters. The summed E-state index contributed by atoms with van der Waals surface area (Å²) < 4.78 is 5.29. The van der Waals surface area contributed by atoms with Crippen LogP contribution >= 0.6 is 0 Å². The molecule has 2 heterocycles. The Kier molecular flexibility index (Phi) is 5.10. The Morgan fingerprint density at radius 2 is 1.81 bits per heavy atom. The van der Waals surface area contributed by atoms with E-state index in [0.29, 0.717) is 12.2 Å². The van der Waals surface area contributed by atoms with E-state index in [1.807, 2.05) is 31.3 Å². The fourth-order valence-corrected chi connectivity index (χ4v) is 3.67. The maximum Gasteiger partial charge on any atom is 0.228 e. The van der Waals surface area contributed by atoms with E-state index in [4.69, 9.17) is 4.52 Å². The van der Waals surface area contributed by atoms with Crippen LogP contribution in [0.4, 0.5) is 5.69 Å². The lowest BCUT2D eigenvalue weighted by atomic mass is 10.1. The van der Waals surface area contributed by atoms with Crippen LogP contribution in [0.1, 0.15) is 30.5 Å². The number of rotatable bonds is 5. The van der Waals surface area contributed by atoms with Gasteiger partial charge in [0.1, 0.15) is 5.69 Å². The first kappa shape index (κ1) is 17.6. The first-order chi connectivity index (χ1) is 13.2. The summed E-state index contributed by atoms with van der Waals surface area (Å²) in [5.74, 6) is 0.0363. The molecule has 1 amide bonds. The standard InChI is InChI=1S/C22H25N3O2/c1-24(22(26)15-20-19-7-3-4-8-21(19)27-23-20)16-17-9-11-18(12-10-17)25-13-5-2-6-14-25/h3-4,7-12H,2,5-6,13-16H2,1H3. The molecule has 0 N–H and O–H groups in total. The van der Waals surface area contributed by atoms with E-state index in [1.54, 1.807) is 4.90 Å². The molecule has 4 rings (SSSR count). The molecule has 1 aromatic heterocycles. The SMILES string of the molecule is CN(Cc1ccc(N2CCCCC2)cc1)C(=O)Cc1noc2ccccc12. The van der Waals surface area contributed by atoms with Crippen molar-refractivity contribution < 1.29 is 9.32 Å². The monoisotopic (exact) mass is 363 g/mol. The van der Waals surface area contributed by atoms with Crippen molar-refractivity contribution in [1.29, 1.82) is 0 Å². The highest BCUT2D eigenvalue weighted by molar-refractivity contribution is 5.86. The summed E-state index contributed by atoms with van der Waals surface area (Å²) in [4.78, 5) is 16.8. The number of aromatic nitrogens is 1. The smallest absolute Gasteiger partial charge is 0.228 e. The van der Waals surface area contributed by atoms with Crippen molar-refractivity contribution in [2.24, 2.45) is 0 Å². The van der Waals surface area contributed by atoms with Crippen molar-refractivity contribution in [3.63, 3.8) is 0 Å². The maximum absolute atomic E-state index is 12.6. The van der Waals surface area contributed by atoms with Crippen LogP contribution in [0.15, 0.2) is 53.1 Å². The number of hydrogen-bond donors (Lipinski definition) is 0. The number of amides is 1. The van der Waals surface area contributed by atoms with Gasteiger partial charge in [-0.05, 0) is 49.1 Å². The number of para-hydroxylation sites is 1. The Bertz CT molecular complexity index is 911. The fourth-order valence-electron chi connectivity index (χ4n) is 3.67. The van der Waals surface area contributed by atoms with Crippen LogP contribution in [0.5, 0.6) is 0 Å². The van der Waals surface area contributed by atoms with Gasteiger partial charge in [-0.3, -0.25) is 4.79 Å². The minimum atomic E-state index is 0.0363. The minimum absolute atomic E-state index is 0.0363. The predicted molar refractivity (Wildman–Crippen MR) is 107 cm³/mol. The zero-order chi connectivity index (χ0) is 18.6. The summed E-state index contributed by atoms with van der Waals surface area (Å²) in [5.41, 5.74) is 3.83. The lowest BCUT2D eigenvalue weighted by Gasteiger charge is -2.29. The van der Waals surface area contributed by atoms with Gasteiger partial charge in [-0.1, -0.05) is 29.4 Å². The molecule has 0 saturated carbocycles. The molecular formula is C22H25N3O2. The molecule has 0 aliphatic carbocycles. The van der Waals surface area contributed by atoms with Gasteiger partial charge in [0.15, 0.2) is 5.58 Å². The first-order valence-electron chi connectivity index (χ1n) is 9.62. The largest absolute Gasteiger partial charge is 0.372 e. The summed E-state index contributed by atoms with van der Waals surface area (Å²) in [7, 11) is 1.84. The summed E-state index contributed by atoms with van der Waals surface area (Å²) in [6.45, 7) is 2.88. The summed E-state index contributed by atoms with van der Waals surface area (Å²) in [5, 5.41) is 4.97. The molecule has 140 valence electrons. The number of benzene rings is 2. The fraction of sp³-hybridized carbons (Fsp3) is 0.364. The first-order valence-corrected chi connectivity index (χ1v) is 9.62. The normalized spacial score (nSPS) is 14.5. The van der Waals surface area contributed by atoms with Gasteiger partial charge in [0.2, 0.25) is 5.91 Å². The quantitative estimate of drug-likeness (QED) is 0.687. The third kappa shape index (κ3) is 3.97. The van der Waals surface area contributed by atoms with Gasteiger partial charge in [-0.2, -0.15) is 0 Å². The van der Waals surface area contributed by atoms with Gasteiger partial charge in [0.05, 0.1) is 6.42 Å². The molecular weight excluding hydrogens is 338 g/mol. The number of fused-ring (bicyclic) bond motifs is 1. The zero-order valence-corrected chi connectivity index (χ0v) is 15.7. The van der Waals surface area contributed by atoms with Gasteiger partial charge in [-0.25, -0.2) is 0 Å². The van der Waals surface area contributed by atoms with Crippen molar-refractivity contribution in [3.05, 3.63) is 59.8 Å². The third-order valence-electron chi connectivity index (χ3n) is 5.27. The van der Waals surface area contributed by atoms with E-state index in [0.717, 1.165) is 29.6 Å². The summed E-state index contributed by atoms with van der Waals surface area (Å²) >= 11 is 0. The van der Waals surface area contributed by atoms with Crippen LogP contribution in [0.2, 0.25) is 0 Å². The Labute approximate surface area is 159 Å². The summed E-state index contributed by atoms with van der Waals surface area (Å²) in [6, 6.07) is 16.2. The van der Waals surface area contributed by atoms with Crippen molar-refractivity contribution in [2.75, 3.05) is 25.0 Å². The molecule has 0 radical (unpaired) electrons. The van der Waals surface area contributed by atoms with E-state index in [2.05, 4.69) is 34.3 Å². The molecule has 1 saturated heterocycles. The van der Waals surface area contributed by atoms with Crippen molar-refractivity contribution in [3.8, 4) is 0 Å². The van der Waals surface area contributed by atoms with Gasteiger partial charge in [-0.15, -0.1) is 0 Å². The lowest BCUT2D eigenvalue weighted by Crippen LogP contribution is -2.29. The maximum atomic E-state index is 12.6. The van der Waals surface area contributed by atoms with E-state index >= 15 is 0 Å².